The van der Waals surface area contributed by atoms with Gasteiger partial charge in [-0.3, -0.25) is 0 Å². The molecule has 0 aliphatic rings. The van der Waals surface area contributed by atoms with Gasteiger partial charge in [-0.05, 0) is 18.2 Å². The highest BCUT2D eigenvalue weighted by atomic mass is 35.5. The Morgan fingerprint density at radius 1 is 1.11 bits per heavy atom. The van der Waals surface area contributed by atoms with Crippen molar-refractivity contribution in [2.24, 2.45) is 0 Å². The normalized spacial score (nSPS) is 10.4. The predicted molar refractivity (Wildman–Crippen MR) is 70.3 cm³/mol. The molecule has 18 heavy (non-hydrogen) atoms. The van der Waals surface area contributed by atoms with Gasteiger partial charge >= 0.3 is 0 Å². The number of nitrogens with zero attached hydrogens (tertiary/aromatic N) is 1. The van der Waals surface area contributed by atoms with E-state index in [1.807, 2.05) is 0 Å². The number of aromatic nitrogens is 1. The lowest BCUT2D eigenvalue weighted by Gasteiger charge is -2.07. The maximum atomic E-state index is 13.0. The third-order valence-corrected chi connectivity index (χ3v) is 3.02. The van der Waals surface area contributed by atoms with Crippen molar-refractivity contribution in [3.8, 4) is 11.6 Å². The molecule has 2 rings (SSSR count). The van der Waals surface area contributed by atoms with Crippen molar-refractivity contribution in [1.82, 2.24) is 4.98 Å². The molecule has 2 nitrogen and oxygen atoms in total. The van der Waals surface area contributed by atoms with Gasteiger partial charge in [-0.25, -0.2) is 9.37 Å². The molecule has 0 spiro atoms. The topological polar surface area (TPSA) is 22.1 Å². The van der Waals surface area contributed by atoms with Crippen LogP contribution in [0.3, 0.4) is 0 Å². The van der Waals surface area contributed by atoms with Crippen LogP contribution in [0.15, 0.2) is 30.3 Å². The quantitative estimate of drug-likeness (QED) is 0.740. The lowest BCUT2D eigenvalue weighted by molar-refractivity contribution is 0.460. The molecule has 2 aromatic rings. The predicted octanol–water partition coefficient (Wildman–Crippen LogP) is 5.06. The van der Waals surface area contributed by atoms with Gasteiger partial charge in [-0.1, -0.05) is 23.2 Å². The largest absolute Gasteiger partial charge is 0.439 e. The summed E-state index contributed by atoms with van der Waals surface area (Å²) in [7, 11) is 0. The molecule has 0 N–H and O–H groups in total. The highest BCUT2D eigenvalue weighted by molar-refractivity contribution is 6.32. The standard InChI is InChI=1S/C12H7Cl3FNO/c13-6-11-8(14)2-4-12(17-11)18-7-1-3-10(16)9(15)5-7/h1-5H,6H2. The Hall–Kier alpha value is -1.03. The average molecular weight is 307 g/mol. The van der Waals surface area contributed by atoms with E-state index < -0.39 is 5.82 Å². The van der Waals surface area contributed by atoms with Gasteiger partial charge in [0.15, 0.2) is 0 Å². The van der Waals surface area contributed by atoms with Gasteiger partial charge in [0.25, 0.3) is 0 Å². The fourth-order valence-electron chi connectivity index (χ4n) is 1.28. The van der Waals surface area contributed by atoms with Crippen LogP contribution < -0.4 is 4.74 Å². The Morgan fingerprint density at radius 3 is 2.56 bits per heavy atom. The van der Waals surface area contributed by atoms with Crippen LogP contribution in [-0.2, 0) is 5.88 Å². The van der Waals surface area contributed by atoms with E-state index in [-0.39, 0.29) is 10.9 Å². The summed E-state index contributed by atoms with van der Waals surface area (Å²) in [5.74, 6) is 0.379. The molecule has 0 saturated heterocycles. The number of pyridine rings is 1. The van der Waals surface area contributed by atoms with E-state index >= 15 is 0 Å². The van der Waals surface area contributed by atoms with Crippen LogP contribution in [0.1, 0.15) is 5.69 Å². The third-order valence-electron chi connectivity index (χ3n) is 2.13. The van der Waals surface area contributed by atoms with Crippen LogP contribution in [0, 0.1) is 5.82 Å². The first-order valence-electron chi connectivity index (χ1n) is 4.94. The zero-order valence-corrected chi connectivity index (χ0v) is 11.2. The van der Waals surface area contributed by atoms with Gasteiger partial charge in [0.05, 0.1) is 21.6 Å². The Kier molecular flexibility index (Phi) is 4.27. The molecule has 0 aliphatic carbocycles. The van der Waals surface area contributed by atoms with Crippen molar-refractivity contribution in [3.05, 3.63) is 51.9 Å². The van der Waals surface area contributed by atoms with Gasteiger partial charge in [0, 0.05) is 12.1 Å². The molecule has 1 aromatic carbocycles. The van der Waals surface area contributed by atoms with Crippen LogP contribution in [0.4, 0.5) is 4.39 Å². The summed E-state index contributed by atoms with van der Waals surface area (Å²) < 4.78 is 18.4. The van der Waals surface area contributed by atoms with E-state index in [1.54, 1.807) is 12.1 Å². The van der Waals surface area contributed by atoms with Crippen LogP contribution in [0.2, 0.25) is 10.0 Å². The van der Waals surface area contributed by atoms with Gasteiger partial charge in [-0.2, -0.15) is 0 Å². The Labute approximate surface area is 118 Å². The molecule has 0 aliphatic heterocycles. The van der Waals surface area contributed by atoms with Crippen molar-refractivity contribution < 1.29 is 9.13 Å². The van der Waals surface area contributed by atoms with E-state index in [9.17, 15) is 4.39 Å². The monoisotopic (exact) mass is 305 g/mol. The van der Waals surface area contributed by atoms with Crippen LogP contribution in [0.5, 0.6) is 11.6 Å². The minimum absolute atomic E-state index is 0.0148. The summed E-state index contributed by atoms with van der Waals surface area (Å²) in [6.07, 6.45) is 0. The zero-order valence-electron chi connectivity index (χ0n) is 8.96. The van der Waals surface area contributed by atoms with E-state index in [2.05, 4.69) is 4.98 Å². The lowest BCUT2D eigenvalue weighted by atomic mass is 10.3. The molecule has 0 bridgehead atoms. The van der Waals surface area contributed by atoms with Gasteiger partial charge in [-0.15, -0.1) is 11.6 Å². The smallest absolute Gasteiger partial charge is 0.219 e. The Bertz CT molecular complexity index is 577. The highest BCUT2D eigenvalue weighted by Gasteiger charge is 2.06. The van der Waals surface area contributed by atoms with E-state index in [0.29, 0.717) is 22.3 Å². The molecule has 6 heteroatoms. The second kappa shape index (κ2) is 5.74. The van der Waals surface area contributed by atoms with Gasteiger partial charge in [0.1, 0.15) is 11.6 Å². The Balaban J connectivity index is 2.25. The van der Waals surface area contributed by atoms with Gasteiger partial charge in [0.2, 0.25) is 5.88 Å². The van der Waals surface area contributed by atoms with Crippen molar-refractivity contribution in [3.63, 3.8) is 0 Å². The van der Waals surface area contributed by atoms with E-state index in [4.69, 9.17) is 39.5 Å². The first kappa shape index (κ1) is 13.4. The lowest BCUT2D eigenvalue weighted by Crippen LogP contribution is -1.93. The van der Waals surface area contributed by atoms with Gasteiger partial charge < -0.3 is 4.74 Å². The fraction of sp³-hybridized carbons (Fsp3) is 0.0833. The van der Waals surface area contributed by atoms with Crippen LogP contribution in [-0.4, -0.2) is 4.98 Å². The molecule has 0 saturated carbocycles. The zero-order chi connectivity index (χ0) is 13.1. The molecule has 1 aromatic heterocycles. The molecular formula is C12H7Cl3FNO. The van der Waals surface area contributed by atoms with Crippen molar-refractivity contribution >= 4 is 34.8 Å². The minimum Gasteiger partial charge on any atom is -0.439 e. The number of hydrogen-bond acceptors (Lipinski definition) is 2. The van der Waals surface area contributed by atoms with Crippen molar-refractivity contribution in [2.75, 3.05) is 0 Å². The number of ether oxygens (including phenoxy) is 1. The number of benzene rings is 1. The summed E-state index contributed by atoms with van der Waals surface area (Å²) in [4.78, 5) is 4.12. The number of rotatable bonds is 3. The Morgan fingerprint density at radius 2 is 1.89 bits per heavy atom. The molecule has 0 amide bonds. The molecule has 0 radical (unpaired) electrons. The molecular weight excluding hydrogens is 299 g/mol. The number of alkyl halides is 1. The van der Waals surface area contributed by atoms with Crippen LogP contribution in [0.25, 0.3) is 0 Å². The average Bonchev–Trinajstić information content (AvgIpc) is 2.36. The summed E-state index contributed by atoms with van der Waals surface area (Å²) >= 11 is 17.2. The van der Waals surface area contributed by atoms with Crippen molar-refractivity contribution in [1.29, 1.82) is 0 Å². The summed E-state index contributed by atoms with van der Waals surface area (Å²) in [5, 5.41) is 0.452. The fourth-order valence-corrected chi connectivity index (χ4v) is 1.89. The first-order valence-corrected chi connectivity index (χ1v) is 6.23. The maximum Gasteiger partial charge on any atom is 0.219 e. The minimum atomic E-state index is -0.505. The third kappa shape index (κ3) is 3.05. The summed E-state index contributed by atoms with van der Waals surface area (Å²) in [5.41, 5.74) is 0.518. The SMILES string of the molecule is Fc1ccc(Oc2ccc(Cl)c(CCl)n2)cc1Cl. The first-order chi connectivity index (χ1) is 8.60. The number of hydrogen-bond donors (Lipinski definition) is 0. The molecule has 0 fully saturated rings. The molecule has 0 unspecified atom stereocenters. The van der Waals surface area contributed by atoms with Crippen molar-refractivity contribution in [2.45, 2.75) is 5.88 Å². The van der Waals surface area contributed by atoms with Crippen LogP contribution >= 0.6 is 34.8 Å². The highest BCUT2D eigenvalue weighted by Crippen LogP contribution is 2.27. The van der Waals surface area contributed by atoms with E-state index in [1.165, 1.54) is 18.2 Å². The second-order valence-electron chi connectivity index (χ2n) is 3.39. The summed E-state index contributed by atoms with van der Waals surface area (Å²) in [6.45, 7) is 0. The molecule has 0 atom stereocenters. The summed E-state index contributed by atoms with van der Waals surface area (Å²) in [6, 6.07) is 7.27. The molecule has 1 heterocycles. The molecule has 94 valence electrons. The van der Waals surface area contributed by atoms with E-state index in [0.717, 1.165) is 0 Å². The number of halogens is 4. The maximum absolute atomic E-state index is 13.0. The second-order valence-corrected chi connectivity index (χ2v) is 4.47.